The smallest absolute Gasteiger partial charge is 0.255 e. The zero-order chi connectivity index (χ0) is 14.0. The van der Waals surface area contributed by atoms with Gasteiger partial charge in [0.25, 0.3) is 5.91 Å². The number of benzene rings is 1. The van der Waals surface area contributed by atoms with Gasteiger partial charge in [-0.05, 0) is 50.3 Å². The van der Waals surface area contributed by atoms with E-state index in [2.05, 4.69) is 0 Å². The summed E-state index contributed by atoms with van der Waals surface area (Å²) in [6.45, 7) is 5.16. The molecule has 0 spiro atoms. The van der Waals surface area contributed by atoms with Crippen molar-refractivity contribution in [2.75, 3.05) is 13.1 Å². The van der Waals surface area contributed by atoms with E-state index in [0.717, 1.165) is 18.4 Å². The van der Waals surface area contributed by atoms with Crippen molar-refractivity contribution in [3.8, 4) is 0 Å². The standard InChI is InChI=1S/C15H20ClNO2/c1-10-3-4-13(14(16)9-10)15(19)17-7-5-12(6-8-17)11(2)18/h3-4,9,11-12,18H,5-8H2,1-2H3. The third-order valence-electron chi connectivity index (χ3n) is 3.86. The number of aliphatic hydroxyl groups is 1. The lowest BCUT2D eigenvalue weighted by molar-refractivity contribution is 0.0521. The molecular weight excluding hydrogens is 262 g/mol. The van der Waals surface area contributed by atoms with Crippen LogP contribution in [0.2, 0.25) is 5.02 Å². The topological polar surface area (TPSA) is 40.5 Å². The highest BCUT2D eigenvalue weighted by atomic mass is 35.5. The van der Waals surface area contributed by atoms with Gasteiger partial charge < -0.3 is 10.0 Å². The van der Waals surface area contributed by atoms with Crippen LogP contribution in [-0.2, 0) is 0 Å². The molecule has 1 aliphatic rings. The van der Waals surface area contributed by atoms with Crippen molar-refractivity contribution in [1.82, 2.24) is 4.90 Å². The van der Waals surface area contributed by atoms with Gasteiger partial charge in [0, 0.05) is 13.1 Å². The molecule has 2 rings (SSSR count). The van der Waals surface area contributed by atoms with Crippen LogP contribution in [0.25, 0.3) is 0 Å². The molecule has 1 atom stereocenters. The van der Waals surface area contributed by atoms with Gasteiger partial charge in [-0.1, -0.05) is 17.7 Å². The fourth-order valence-corrected chi connectivity index (χ4v) is 2.86. The van der Waals surface area contributed by atoms with Crippen LogP contribution in [0.5, 0.6) is 0 Å². The molecule has 0 saturated carbocycles. The maximum atomic E-state index is 12.4. The van der Waals surface area contributed by atoms with Crippen LogP contribution in [0.15, 0.2) is 18.2 Å². The number of aliphatic hydroxyl groups excluding tert-OH is 1. The Morgan fingerprint density at radius 2 is 2.05 bits per heavy atom. The Morgan fingerprint density at radius 1 is 1.42 bits per heavy atom. The molecule has 1 saturated heterocycles. The first-order chi connectivity index (χ1) is 8.99. The van der Waals surface area contributed by atoms with Crippen molar-refractivity contribution < 1.29 is 9.90 Å². The molecule has 1 unspecified atom stereocenters. The fourth-order valence-electron chi connectivity index (χ4n) is 2.55. The summed E-state index contributed by atoms with van der Waals surface area (Å²) in [5, 5.41) is 10.1. The molecule has 0 aromatic heterocycles. The molecule has 3 nitrogen and oxygen atoms in total. The third kappa shape index (κ3) is 3.28. The number of hydrogen-bond acceptors (Lipinski definition) is 2. The lowest BCUT2D eigenvalue weighted by atomic mass is 9.92. The molecule has 19 heavy (non-hydrogen) atoms. The van der Waals surface area contributed by atoms with Crippen molar-refractivity contribution in [3.05, 3.63) is 34.3 Å². The van der Waals surface area contributed by atoms with Crippen molar-refractivity contribution >= 4 is 17.5 Å². The lowest BCUT2D eigenvalue weighted by Gasteiger charge is -2.33. The number of amides is 1. The minimum Gasteiger partial charge on any atom is -0.393 e. The highest BCUT2D eigenvalue weighted by Crippen LogP contribution is 2.24. The van der Waals surface area contributed by atoms with Gasteiger partial charge in [-0.2, -0.15) is 0 Å². The summed E-state index contributed by atoms with van der Waals surface area (Å²) in [6.07, 6.45) is 1.42. The molecule has 1 aromatic rings. The predicted octanol–water partition coefficient (Wildman–Crippen LogP) is 2.88. The third-order valence-corrected chi connectivity index (χ3v) is 4.18. The first kappa shape index (κ1) is 14.4. The van der Waals surface area contributed by atoms with Crippen LogP contribution in [0.1, 0.15) is 35.7 Å². The van der Waals surface area contributed by atoms with Crippen LogP contribution in [0, 0.1) is 12.8 Å². The summed E-state index contributed by atoms with van der Waals surface area (Å²) >= 11 is 6.14. The molecule has 1 aromatic carbocycles. The molecule has 1 fully saturated rings. The molecule has 0 radical (unpaired) electrons. The Kier molecular flexibility index (Phi) is 4.48. The SMILES string of the molecule is Cc1ccc(C(=O)N2CCC(C(C)O)CC2)c(Cl)c1. The zero-order valence-corrected chi connectivity index (χ0v) is 12.2. The number of likely N-dealkylation sites (tertiary alicyclic amines) is 1. The second-order valence-corrected chi connectivity index (χ2v) is 5.76. The van der Waals surface area contributed by atoms with E-state index in [1.807, 2.05) is 30.9 Å². The quantitative estimate of drug-likeness (QED) is 0.905. The van der Waals surface area contributed by atoms with Crippen molar-refractivity contribution in [1.29, 1.82) is 0 Å². The first-order valence-corrected chi connectivity index (χ1v) is 7.10. The van der Waals surface area contributed by atoms with Crippen LogP contribution < -0.4 is 0 Å². The van der Waals surface area contributed by atoms with Gasteiger partial charge >= 0.3 is 0 Å². The molecule has 1 amide bonds. The van der Waals surface area contributed by atoms with Gasteiger partial charge in [0.15, 0.2) is 0 Å². The Morgan fingerprint density at radius 3 is 2.58 bits per heavy atom. The molecule has 0 aliphatic carbocycles. The highest BCUT2D eigenvalue weighted by Gasteiger charge is 2.26. The van der Waals surface area contributed by atoms with Crippen molar-refractivity contribution in [3.63, 3.8) is 0 Å². The Hall–Kier alpha value is -1.06. The van der Waals surface area contributed by atoms with Gasteiger partial charge in [-0.25, -0.2) is 0 Å². The van der Waals surface area contributed by atoms with E-state index in [1.165, 1.54) is 0 Å². The number of aryl methyl sites for hydroxylation is 1. The monoisotopic (exact) mass is 281 g/mol. The van der Waals surface area contributed by atoms with Gasteiger partial charge in [0.1, 0.15) is 0 Å². The number of nitrogens with zero attached hydrogens (tertiary/aromatic N) is 1. The van der Waals surface area contributed by atoms with E-state index in [1.54, 1.807) is 6.07 Å². The number of piperidine rings is 1. The van der Waals surface area contributed by atoms with Crippen molar-refractivity contribution in [2.45, 2.75) is 32.8 Å². The van der Waals surface area contributed by atoms with Crippen LogP contribution >= 0.6 is 11.6 Å². The van der Waals surface area contributed by atoms with E-state index in [4.69, 9.17) is 11.6 Å². The first-order valence-electron chi connectivity index (χ1n) is 6.72. The normalized spacial score (nSPS) is 18.4. The number of rotatable bonds is 2. The minimum atomic E-state index is -0.291. The molecule has 1 N–H and O–H groups in total. The maximum Gasteiger partial charge on any atom is 0.255 e. The van der Waals surface area contributed by atoms with Gasteiger partial charge in [-0.3, -0.25) is 4.79 Å². The summed E-state index contributed by atoms with van der Waals surface area (Å²) in [5.41, 5.74) is 1.62. The largest absolute Gasteiger partial charge is 0.393 e. The zero-order valence-electron chi connectivity index (χ0n) is 11.4. The number of carbonyl (C=O) groups is 1. The lowest BCUT2D eigenvalue weighted by Crippen LogP contribution is -2.40. The van der Waals surface area contributed by atoms with E-state index < -0.39 is 0 Å². The van der Waals surface area contributed by atoms with Crippen LogP contribution in [0.4, 0.5) is 0 Å². The van der Waals surface area contributed by atoms with E-state index in [0.29, 0.717) is 29.6 Å². The summed E-state index contributed by atoms with van der Waals surface area (Å²) < 4.78 is 0. The minimum absolute atomic E-state index is 0.00552. The summed E-state index contributed by atoms with van der Waals surface area (Å²) in [6, 6.07) is 5.51. The number of halogens is 1. The molecule has 1 aliphatic heterocycles. The average Bonchev–Trinajstić information content (AvgIpc) is 2.38. The van der Waals surface area contributed by atoms with E-state index in [9.17, 15) is 9.90 Å². The van der Waals surface area contributed by atoms with E-state index >= 15 is 0 Å². The van der Waals surface area contributed by atoms with Gasteiger partial charge in [0.05, 0.1) is 16.7 Å². The Labute approximate surface area is 119 Å². The average molecular weight is 282 g/mol. The van der Waals surface area contributed by atoms with Crippen LogP contribution in [-0.4, -0.2) is 35.1 Å². The molecule has 1 heterocycles. The van der Waals surface area contributed by atoms with Crippen molar-refractivity contribution in [2.24, 2.45) is 5.92 Å². The second kappa shape index (κ2) is 5.93. The van der Waals surface area contributed by atoms with E-state index in [-0.39, 0.29) is 12.0 Å². The maximum absolute atomic E-state index is 12.4. The second-order valence-electron chi connectivity index (χ2n) is 5.35. The Bertz CT molecular complexity index is 465. The number of hydrogen-bond donors (Lipinski definition) is 1. The van der Waals surface area contributed by atoms with Crippen LogP contribution in [0.3, 0.4) is 0 Å². The predicted molar refractivity (Wildman–Crippen MR) is 76.5 cm³/mol. The summed E-state index contributed by atoms with van der Waals surface area (Å²) in [7, 11) is 0. The highest BCUT2D eigenvalue weighted by molar-refractivity contribution is 6.33. The molecule has 4 heteroatoms. The Balaban J connectivity index is 2.05. The molecular formula is C15H20ClNO2. The fraction of sp³-hybridized carbons (Fsp3) is 0.533. The van der Waals surface area contributed by atoms with Gasteiger partial charge in [0.2, 0.25) is 0 Å². The summed E-state index contributed by atoms with van der Waals surface area (Å²) in [5.74, 6) is 0.298. The number of carbonyl (C=O) groups excluding carboxylic acids is 1. The van der Waals surface area contributed by atoms with Gasteiger partial charge in [-0.15, -0.1) is 0 Å². The summed E-state index contributed by atoms with van der Waals surface area (Å²) in [4.78, 5) is 14.2. The molecule has 0 bridgehead atoms. The molecule has 104 valence electrons.